The number of alkyl halides is 5. The lowest BCUT2D eigenvalue weighted by molar-refractivity contribution is -0.287. The number of benzene rings is 1. The summed E-state index contributed by atoms with van der Waals surface area (Å²) in [6, 6.07) is 6.26. The average molecular weight is 577 g/mol. The second kappa shape index (κ2) is 11.9. The van der Waals surface area contributed by atoms with Gasteiger partial charge < -0.3 is 20.7 Å². The van der Waals surface area contributed by atoms with Crippen molar-refractivity contribution >= 4 is 5.91 Å². The number of hydrogen-bond donors (Lipinski definition) is 3. The predicted octanol–water partition coefficient (Wildman–Crippen LogP) is 3.09. The van der Waals surface area contributed by atoms with Crippen LogP contribution in [0.25, 0.3) is 11.3 Å². The number of aliphatic hydroxyl groups excluding tert-OH is 2. The van der Waals surface area contributed by atoms with Gasteiger partial charge in [0.05, 0.1) is 37.2 Å². The van der Waals surface area contributed by atoms with E-state index in [0.717, 1.165) is 11.0 Å². The van der Waals surface area contributed by atoms with Crippen molar-refractivity contribution in [2.75, 3.05) is 32.8 Å². The van der Waals surface area contributed by atoms with Crippen LogP contribution in [-0.4, -0.2) is 87.9 Å². The van der Waals surface area contributed by atoms with Crippen LogP contribution in [0.15, 0.2) is 36.5 Å². The van der Waals surface area contributed by atoms with E-state index in [-0.39, 0.29) is 55.4 Å². The Balaban J connectivity index is 1.30. The summed E-state index contributed by atoms with van der Waals surface area (Å²) in [7, 11) is 0. The van der Waals surface area contributed by atoms with Gasteiger partial charge in [0, 0.05) is 12.1 Å². The van der Waals surface area contributed by atoms with Crippen LogP contribution >= 0.6 is 0 Å². The van der Waals surface area contributed by atoms with Gasteiger partial charge in [-0.25, -0.2) is 4.39 Å². The van der Waals surface area contributed by atoms with Gasteiger partial charge in [0.25, 0.3) is 0 Å². The molecule has 2 aliphatic heterocycles. The normalized spacial score (nSPS) is 22.4. The molecule has 0 saturated carbocycles. The predicted molar refractivity (Wildman–Crippen MR) is 131 cm³/mol. The number of ether oxygens (including phenoxy) is 1. The zero-order valence-corrected chi connectivity index (χ0v) is 21.3. The van der Waals surface area contributed by atoms with E-state index in [4.69, 9.17) is 10.5 Å². The Kier molecular flexibility index (Phi) is 8.93. The Hall–Kier alpha value is -2.94. The highest BCUT2D eigenvalue weighted by atomic mass is 19.4. The fourth-order valence-corrected chi connectivity index (χ4v) is 5.00. The van der Waals surface area contributed by atoms with Gasteiger partial charge in [-0.1, -0.05) is 6.07 Å². The highest BCUT2D eigenvalue weighted by Crippen LogP contribution is 2.37. The summed E-state index contributed by atoms with van der Waals surface area (Å²) in [6.07, 6.45) is -5.50. The first kappa shape index (κ1) is 30.0. The molecule has 1 unspecified atom stereocenters. The monoisotopic (exact) mass is 576 g/mol. The quantitative estimate of drug-likeness (QED) is 0.394. The van der Waals surface area contributed by atoms with Gasteiger partial charge in [0.15, 0.2) is 0 Å². The van der Waals surface area contributed by atoms with Crippen molar-refractivity contribution in [2.45, 2.75) is 49.7 Å². The largest absolute Gasteiger partial charge is 0.492 e. The van der Waals surface area contributed by atoms with E-state index in [1.165, 1.54) is 29.3 Å². The highest BCUT2D eigenvalue weighted by molar-refractivity contribution is 5.80. The molecule has 8 nitrogen and oxygen atoms in total. The molecule has 3 heterocycles. The Morgan fingerprint density at radius 2 is 1.85 bits per heavy atom. The minimum Gasteiger partial charge on any atom is -0.492 e. The number of carbonyl (C=O) groups excluding carboxylic acids is 1. The molecular weight excluding hydrogens is 546 g/mol. The first-order valence-corrected chi connectivity index (χ1v) is 12.7. The van der Waals surface area contributed by atoms with Crippen LogP contribution in [0.1, 0.15) is 31.1 Å². The number of hydrogen-bond acceptors (Lipinski definition) is 7. The number of primary amides is 1. The van der Waals surface area contributed by atoms with Crippen LogP contribution in [-0.2, 0) is 4.79 Å². The molecule has 14 heteroatoms. The summed E-state index contributed by atoms with van der Waals surface area (Å²) < 4.78 is 84.5. The number of likely N-dealkylation sites (tertiary alicyclic amines) is 2. The number of carbonyl (C=O) groups is 1. The minimum atomic E-state index is -5.58. The van der Waals surface area contributed by atoms with Gasteiger partial charge in [-0.2, -0.15) is 22.0 Å². The van der Waals surface area contributed by atoms with Gasteiger partial charge >= 0.3 is 12.1 Å². The molecule has 4 N–H and O–H groups in total. The van der Waals surface area contributed by atoms with Gasteiger partial charge in [-0.3, -0.25) is 19.6 Å². The molecule has 0 spiro atoms. The van der Waals surface area contributed by atoms with Crippen LogP contribution in [0, 0.1) is 11.7 Å². The number of β-amino-alcohol motifs (C(OH)–C–C–N with tert-alkyl or cyclic N) is 1. The van der Waals surface area contributed by atoms with E-state index in [1.54, 1.807) is 6.07 Å². The Morgan fingerprint density at radius 1 is 1.15 bits per heavy atom. The molecule has 2 aromatic rings. The van der Waals surface area contributed by atoms with Crippen molar-refractivity contribution in [3.05, 3.63) is 47.9 Å². The summed E-state index contributed by atoms with van der Waals surface area (Å²) in [5.74, 6) is -5.77. The standard InChI is InChI=1S/C26H30F6N4O4/c27-20-9-16(24(39)36-12-17(37)10-22(36)23(33)38)1-3-19(20)21-4-2-18(11-34-21)40-13-15-5-7-35(8-6-15)14-25(28,29)26(30,31)32/h1-4,9,11,15,17,22,24,37,39H,5-8,10,12-14H2,(H2,33,38)/t17-,22+,24?/m1/s1. The minimum absolute atomic E-state index is 0.00821. The lowest BCUT2D eigenvalue weighted by Crippen LogP contribution is -2.49. The molecule has 2 fully saturated rings. The second-order valence-electron chi connectivity index (χ2n) is 10.2. The summed E-state index contributed by atoms with van der Waals surface area (Å²) in [5.41, 5.74) is 5.97. The van der Waals surface area contributed by atoms with Gasteiger partial charge in [-0.15, -0.1) is 0 Å². The smallest absolute Gasteiger partial charge is 0.454 e. The van der Waals surface area contributed by atoms with Crippen LogP contribution in [0.4, 0.5) is 26.3 Å². The zero-order chi connectivity index (χ0) is 29.2. The third kappa shape index (κ3) is 6.85. The number of rotatable bonds is 9. The molecule has 220 valence electrons. The molecular formula is C26H30F6N4O4. The number of halogens is 6. The summed E-state index contributed by atoms with van der Waals surface area (Å²) in [5, 5.41) is 20.5. The van der Waals surface area contributed by atoms with Crippen LogP contribution in [0.5, 0.6) is 5.75 Å². The fraction of sp³-hybridized carbons (Fsp3) is 0.538. The number of nitrogens with zero attached hydrogens (tertiary/aromatic N) is 3. The highest BCUT2D eigenvalue weighted by Gasteiger charge is 2.58. The van der Waals surface area contributed by atoms with Crippen LogP contribution in [0.2, 0.25) is 0 Å². The van der Waals surface area contributed by atoms with E-state index in [1.807, 2.05) is 0 Å². The third-order valence-corrected chi connectivity index (χ3v) is 7.29. The van der Waals surface area contributed by atoms with Crippen molar-refractivity contribution in [1.82, 2.24) is 14.8 Å². The van der Waals surface area contributed by atoms with Crippen LogP contribution < -0.4 is 10.5 Å². The number of amides is 1. The number of aromatic nitrogens is 1. The number of aliphatic hydroxyl groups is 2. The van der Waals surface area contributed by atoms with E-state index in [0.29, 0.717) is 18.6 Å². The van der Waals surface area contributed by atoms with Crippen molar-refractivity contribution in [3.63, 3.8) is 0 Å². The fourth-order valence-electron chi connectivity index (χ4n) is 5.00. The zero-order valence-electron chi connectivity index (χ0n) is 21.3. The van der Waals surface area contributed by atoms with Crippen molar-refractivity contribution in [3.8, 4) is 17.0 Å². The van der Waals surface area contributed by atoms with E-state index >= 15 is 0 Å². The maximum atomic E-state index is 15.0. The van der Waals surface area contributed by atoms with E-state index in [9.17, 15) is 41.4 Å². The lowest BCUT2D eigenvalue weighted by Gasteiger charge is -2.34. The molecule has 1 aromatic heterocycles. The first-order chi connectivity index (χ1) is 18.7. The van der Waals surface area contributed by atoms with Crippen LogP contribution in [0.3, 0.4) is 0 Å². The maximum Gasteiger partial charge on any atom is 0.454 e. The lowest BCUT2D eigenvalue weighted by atomic mass is 9.97. The molecule has 1 aromatic carbocycles. The average Bonchev–Trinajstić information content (AvgIpc) is 3.29. The third-order valence-electron chi connectivity index (χ3n) is 7.29. The van der Waals surface area contributed by atoms with E-state index in [2.05, 4.69) is 4.98 Å². The van der Waals surface area contributed by atoms with E-state index < -0.39 is 48.7 Å². The van der Waals surface area contributed by atoms with Gasteiger partial charge in [0.1, 0.15) is 17.8 Å². The van der Waals surface area contributed by atoms with Gasteiger partial charge in [0.2, 0.25) is 5.91 Å². The molecule has 2 saturated heterocycles. The Labute approximate surface area is 226 Å². The number of nitrogens with two attached hydrogens (primary N) is 1. The topological polar surface area (TPSA) is 112 Å². The molecule has 0 radical (unpaired) electrons. The molecule has 3 atom stereocenters. The SMILES string of the molecule is NC(=O)[C@@H]1C[C@@H](O)CN1C(O)c1ccc(-c2ccc(OCC3CCN(CC(F)(F)C(F)(F)F)CC3)cn2)c(F)c1. The van der Waals surface area contributed by atoms with Crippen molar-refractivity contribution < 1.29 is 46.1 Å². The molecule has 0 aliphatic carbocycles. The first-order valence-electron chi connectivity index (χ1n) is 12.7. The Bertz CT molecular complexity index is 1170. The molecule has 1 amide bonds. The summed E-state index contributed by atoms with van der Waals surface area (Å²) in [6.45, 7) is -0.927. The molecule has 0 bridgehead atoms. The van der Waals surface area contributed by atoms with Crippen molar-refractivity contribution in [2.24, 2.45) is 11.7 Å². The van der Waals surface area contributed by atoms with Crippen molar-refractivity contribution in [1.29, 1.82) is 0 Å². The number of pyridine rings is 1. The molecule has 40 heavy (non-hydrogen) atoms. The maximum absolute atomic E-state index is 15.0. The molecule has 2 aliphatic rings. The second-order valence-corrected chi connectivity index (χ2v) is 10.2. The number of piperidine rings is 1. The summed E-state index contributed by atoms with van der Waals surface area (Å²) in [4.78, 5) is 18.3. The summed E-state index contributed by atoms with van der Waals surface area (Å²) >= 11 is 0. The van der Waals surface area contributed by atoms with Gasteiger partial charge in [-0.05, 0) is 68.1 Å². The molecule has 4 rings (SSSR count). The Morgan fingerprint density at radius 3 is 2.42 bits per heavy atom.